The lowest BCUT2D eigenvalue weighted by molar-refractivity contribution is 0.414. The fourth-order valence-corrected chi connectivity index (χ4v) is 3.25. The van der Waals surface area contributed by atoms with Gasteiger partial charge in [-0.25, -0.2) is 22.2 Å². The molecule has 9 heteroatoms. The van der Waals surface area contributed by atoms with Gasteiger partial charge in [0.05, 0.1) is 23.9 Å². The van der Waals surface area contributed by atoms with Gasteiger partial charge in [0.1, 0.15) is 28.9 Å². The minimum Gasteiger partial charge on any atom is -0.497 e. The Bertz CT molecular complexity index is 1020. The molecular weight excluding hydrogens is 376 g/mol. The topological polar surface area (TPSA) is 80.3 Å². The number of para-hydroxylation sites is 1. The summed E-state index contributed by atoms with van der Waals surface area (Å²) in [5.41, 5.74) is -0.0164. The largest absolute Gasteiger partial charge is 0.497 e. The summed E-state index contributed by atoms with van der Waals surface area (Å²) in [6, 6.07) is 12.2. The highest BCUT2D eigenvalue weighted by Gasteiger charge is 2.15. The van der Waals surface area contributed by atoms with Crippen LogP contribution in [0.4, 0.5) is 26.0 Å². The minimum absolute atomic E-state index is 0.0423. The maximum Gasteiger partial charge on any atom is 0.263 e. The Balaban J connectivity index is 1.75. The molecule has 0 fully saturated rings. The Morgan fingerprint density at radius 2 is 1.63 bits per heavy atom. The highest BCUT2D eigenvalue weighted by molar-refractivity contribution is 7.92. The number of nitrogens with zero attached hydrogens (tertiary/aromatic N) is 1. The van der Waals surface area contributed by atoms with Crippen LogP contribution in [-0.4, -0.2) is 20.5 Å². The number of sulfonamides is 1. The van der Waals surface area contributed by atoms with Crippen LogP contribution in [0.2, 0.25) is 0 Å². The van der Waals surface area contributed by atoms with Gasteiger partial charge < -0.3 is 10.1 Å². The third-order valence-corrected chi connectivity index (χ3v) is 4.97. The molecule has 6 nitrogen and oxygen atoms in total. The summed E-state index contributed by atoms with van der Waals surface area (Å²) in [4.78, 5) is 4.00. The van der Waals surface area contributed by atoms with Crippen LogP contribution in [0.15, 0.2) is 65.7 Å². The minimum atomic E-state index is -3.83. The summed E-state index contributed by atoms with van der Waals surface area (Å²) < 4.78 is 59.4. The lowest BCUT2D eigenvalue weighted by atomic mass is 10.2. The van der Waals surface area contributed by atoms with Gasteiger partial charge in [-0.05, 0) is 48.5 Å². The number of methoxy groups -OCH3 is 1. The van der Waals surface area contributed by atoms with E-state index < -0.39 is 21.7 Å². The maximum atomic E-state index is 13.7. The van der Waals surface area contributed by atoms with E-state index in [9.17, 15) is 17.2 Å². The molecule has 0 aliphatic rings. The van der Waals surface area contributed by atoms with Crippen LogP contribution in [0.5, 0.6) is 5.75 Å². The summed E-state index contributed by atoms with van der Waals surface area (Å²) >= 11 is 0. The number of hydrogen-bond donors (Lipinski definition) is 2. The predicted molar refractivity (Wildman–Crippen MR) is 97.7 cm³/mol. The lowest BCUT2D eigenvalue weighted by Gasteiger charge is -2.10. The Morgan fingerprint density at radius 3 is 2.19 bits per heavy atom. The molecule has 2 N–H and O–H groups in total. The van der Waals surface area contributed by atoms with Gasteiger partial charge >= 0.3 is 0 Å². The summed E-state index contributed by atoms with van der Waals surface area (Å²) in [7, 11) is -2.35. The molecule has 1 heterocycles. The van der Waals surface area contributed by atoms with Crippen molar-refractivity contribution in [2.24, 2.45) is 0 Å². The predicted octanol–water partition coefficient (Wildman–Crippen LogP) is 3.91. The first-order chi connectivity index (χ1) is 12.9. The second kappa shape index (κ2) is 7.58. The van der Waals surface area contributed by atoms with Crippen LogP contribution >= 0.6 is 0 Å². The number of pyridine rings is 1. The smallest absolute Gasteiger partial charge is 0.263 e. The molecule has 0 atom stereocenters. The van der Waals surface area contributed by atoms with E-state index in [0.717, 1.165) is 12.1 Å². The SMILES string of the molecule is COc1ccc(S(=O)(=O)Nc2ccc(Nc3c(F)cccc3F)cn2)cc1. The van der Waals surface area contributed by atoms with Crippen LogP contribution in [0.1, 0.15) is 0 Å². The average Bonchev–Trinajstić information content (AvgIpc) is 2.66. The molecule has 1 aromatic heterocycles. The normalized spacial score (nSPS) is 11.1. The van der Waals surface area contributed by atoms with E-state index >= 15 is 0 Å². The molecule has 2 aromatic carbocycles. The molecule has 0 amide bonds. The number of aromatic nitrogens is 1. The van der Waals surface area contributed by atoms with E-state index in [4.69, 9.17) is 4.74 Å². The van der Waals surface area contributed by atoms with E-state index in [1.807, 2.05) is 0 Å². The number of anilines is 3. The summed E-state index contributed by atoms with van der Waals surface area (Å²) in [5.74, 6) is -0.910. The quantitative estimate of drug-likeness (QED) is 0.666. The number of rotatable bonds is 6. The van der Waals surface area contributed by atoms with E-state index in [1.165, 1.54) is 55.8 Å². The molecule has 0 saturated heterocycles. The second-order valence-corrected chi connectivity index (χ2v) is 7.12. The van der Waals surface area contributed by atoms with Gasteiger partial charge in [0, 0.05) is 0 Å². The molecule has 0 aliphatic carbocycles. The zero-order chi connectivity index (χ0) is 19.4. The number of hydrogen-bond acceptors (Lipinski definition) is 5. The Labute approximate surface area is 154 Å². The van der Waals surface area contributed by atoms with Gasteiger partial charge in [-0.3, -0.25) is 4.72 Å². The zero-order valence-electron chi connectivity index (χ0n) is 14.1. The molecule has 0 unspecified atom stereocenters. The molecule has 0 radical (unpaired) electrons. The van der Waals surface area contributed by atoms with Crippen molar-refractivity contribution in [2.45, 2.75) is 4.90 Å². The second-order valence-electron chi connectivity index (χ2n) is 5.43. The Kier molecular flexibility index (Phi) is 5.22. The van der Waals surface area contributed by atoms with Crippen LogP contribution in [0.3, 0.4) is 0 Å². The van der Waals surface area contributed by atoms with Crippen molar-refractivity contribution in [2.75, 3.05) is 17.1 Å². The highest BCUT2D eigenvalue weighted by atomic mass is 32.2. The monoisotopic (exact) mass is 391 g/mol. The molecular formula is C18H15F2N3O3S. The highest BCUT2D eigenvalue weighted by Crippen LogP contribution is 2.24. The van der Waals surface area contributed by atoms with Crippen molar-refractivity contribution in [3.63, 3.8) is 0 Å². The number of nitrogens with one attached hydrogen (secondary N) is 2. The number of benzene rings is 2. The molecule has 3 rings (SSSR count). The van der Waals surface area contributed by atoms with E-state index in [1.54, 1.807) is 0 Å². The fourth-order valence-electron chi connectivity index (χ4n) is 2.24. The third kappa shape index (κ3) is 4.32. The molecule has 27 heavy (non-hydrogen) atoms. The van der Waals surface area contributed by atoms with Crippen molar-refractivity contribution in [3.8, 4) is 5.75 Å². The van der Waals surface area contributed by atoms with Crippen molar-refractivity contribution in [3.05, 3.63) is 72.4 Å². The van der Waals surface area contributed by atoms with Crippen molar-refractivity contribution in [1.82, 2.24) is 4.98 Å². The van der Waals surface area contributed by atoms with Crippen LogP contribution in [-0.2, 0) is 10.0 Å². The Hall–Kier alpha value is -3.20. The first-order valence-corrected chi connectivity index (χ1v) is 9.21. The average molecular weight is 391 g/mol. The van der Waals surface area contributed by atoms with E-state index in [-0.39, 0.29) is 16.4 Å². The van der Waals surface area contributed by atoms with Gasteiger partial charge in [-0.1, -0.05) is 6.07 Å². The van der Waals surface area contributed by atoms with Crippen LogP contribution < -0.4 is 14.8 Å². The van der Waals surface area contributed by atoms with Gasteiger partial charge in [0.25, 0.3) is 10.0 Å². The van der Waals surface area contributed by atoms with Gasteiger partial charge in [-0.2, -0.15) is 0 Å². The van der Waals surface area contributed by atoms with Gasteiger partial charge in [-0.15, -0.1) is 0 Å². The lowest BCUT2D eigenvalue weighted by Crippen LogP contribution is -2.13. The van der Waals surface area contributed by atoms with Crippen molar-refractivity contribution in [1.29, 1.82) is 0 Å². The van der Waals surface area contributed by atoms with Gasteiger partial charge in [0.2, 0.25) is 0 Å². The third-order valence-electron chi connectivity index (χ3n) is 3.60. The van der Waals surface area contributed by atoms with Crippen molar-refractivity contribution < 1.29 is 21.9 Å². The molecule has 0 saturated carbocycles. The fraction of sp³-hybridized carbons (Fsp3) is 0.0556. The first kappa shape index (κ1) is 18.6. The molecule has 0 spiro atoms. The maximum absolute atomic E-state index is 13.7. The van der Waals surface area contributed by atoms with Crippen LogP contribution in [0.25, 0.3) is 0 Å². The van der Waals surface area contributed by atoms with Crippen LogP contribution in [0, 0.1) is 11.6 Å². The zero-order valence-corrected chi connectivity index (χ0v) is 14.9. The number of halogens is 2. The molecule has 0 aliphatic heterocycles. The van der Waals surface area contributed by atoms with E-state index in [2.05, 4.69) is 15.0 Å². The van der Waals surface area contributed by atoms with Gasteiger partial charge in [0.15, 0.2) is 0 Å². The summed E-state index contributed by atoms with van der Waals surface area (Å²) in [6.45, 7) is 0. The molecule has 140 valence electrons. The molecule has 0 bridgehead atoms. The summed E-state index contributed by atoms with van der Waals surface area (Å²) in [6.07, 6.45) is 1.26. The summed E-state index contributed by atoms with van der Waals surface area (Å²) in [5, 5.41) is 2.57. The van der Waals surface area contributed by atoms with Crippen molar-refractivity contribution >= 4 is 27.2 Å². The standard InChI is InChI=1S/C18H15F2N3O3S/c1-26-13-6-8-14(9-7-13)27(24,25)23-17-10-5-12(11-21-17)22-18-15(19)3-2-4-16(18)20/h2-11,22H,1H3,(H,21,23). The van der Waals surface area contributed by atoms with E-state index in [0.29, 0.717) is 11.4 Å². The number of ether oxygens (including phenoxy) is 1. The Morgan fingerprint density at radius 1 is 0.963 bits per heavy atom. The first-order valence-electron chi connectivity index (χ1n) is 7.73. The molecule has 3 aromatic rings.